The van der Waals surface area contributed by atoms with E-state index in [2.05, 4.69) is 9.64 Å². The van der Waals surface area contributed by atoms with Gasteiger partial charge in [0.15, 0.2) is 0 Å². The Balaban J connectivity index is 3.87. The van der Waals surface area contributed by atoms with Crippen molar-refractivity contribution in [3.63, 3.8) is 0 Å². The lowest BCUT2D eigenvalue weighted by atomic mass is 10.3. The Morgan fingerprint density at radius 2 is 1.83 bits per heavy atom. The summed E-state index contributed by atoms with van der Waals surface area (Å²) in [5.74, 6) is -0.179. The monoisotopic (exact) mass is 261 g/mol. The fraction of sp³-hybridized carbons (Fsp3) is 0.923. The van der Waals surface area contributed by atoms with E-state index in [1.54, 1.807) is 0 Å². The minimum absolute atomic E-state index is 0.179. The van der Waals surface area contributed by atoms with Crippen LogP contribution in [0.5, 0.6) is 0 Å². The third-order valence-electron chi connectivity index (χ3n) is 2.47. The molecule has 0 fully saturated rings. The van der Waals surface area contributed by atoms with Gasteiger partial charge in [0.25, 0.3) is 0 Å². The van der Waals surface area contributed by atoms with Crippen molar-refractivity contribution in [3.05, 3.63) is 0 Å². The molecule has 0 heterocycles. The van der Waals surface area contributed by atoms with Gasteiger partial charge < -0.3 is 14.2 Å². The van der Waals surface area contributed by atoms with Crippen LogP contribution < -0.4 is 0 Å². The predicted octanol–water partition coefficient (Wildman–Crippen LogP) is 1.31. The highest BCUT2D eigenvalue weighted by atomic mass is 16.5. The Labute approximate surface area is 110 Å². The molecule has 0 rings (SSSR count). The van der Waals surface area contributed by atoms with Crippen LogP contribution in [0.25, 0.3) is 0 Å². The first-order valence-electron chi connectivity index (χ1n) is 6.58. The number of carbonyl (C=O) groups excluding carboxylic acids is 1. The van der Waals surface area contributed by atoms with Crippen LogP contribution in [0, 0.1) is 0 Å². The van der Waals surface area contributed by atoms with Gasteiger partial charge in [0.05, 0.1) is 32.8 Å². The van der Waals surface area contributed by atoms with Gasteiger partial charge in [-0.25, -0.2) is 0 Å². The summed E-state index contributed by atoms with van der Waals surface area (Å²) in [5, 5.41) is 0. The number of methoxy groups -OCH3 is 1. The maximum atomic E-state index is 11.1. The van der Waals surface area contributed by atoms with Crippen LogP contribution >= 0.6 is 0 Å². The molecule has 0 saturated carbocycles. The Hall–Kier alpha value is -0.650. The van der Waals surface area contributed by atoms with Gasteiger partial charge in [-0.05, 0) is 20.8 Å². The smallest absolute Gasteiger partial charge is 0.306 e. The molecule has 0 unspecified atom stereocenters. The van der Waals surface area contributed by atoms with Crippen LogP contribution in [0.15, 0.2) is 0 Å². The van der Waals surface area contributed by atoms with Gasteiger partial charge in [0.2, 0.25) is 0 Å². The molecule has 0 aromatic carbocycles. The summed E-state index contributed by atoms with van der Waals surface area (Å²) in [6, 6.07) is 0. The van der Waals surface area contributed by atoms with Crippen molar-refractivity contribution in [2.75, 3.05) is 46.6 Å². The van der Waals surface area contributed by atoms with E-state index in [0.717, 1.165) is 13.1 Å². The first-order chi connectivity index (χ1) is 8.60. The summed E-state index contributed by atoms with van der Waals surface area (Å²) in [5.41, 5.74) is 0. The summed E-state index contributed by atoms with van der Waals surface area (Å²) in [7, 11) is 1.41. The van der Waals surface area contributed by atoms with Crippen molar-refractivity contribution < 1.29 is 19.0 Å². The zero-order chi connectivity index (χ0) is 13.8. The van der Waals surface area contributed by atoms with Gasteiger partial charge in [-0.1, -0.05) is 0 Å². The van der Waals surface area contributed by atoms with Crippen molar-refractivity contribution in [3.8, 4) is 0 Å². The van der Waals surface area contributed by atoms with Gasteiger partial charge >= 0.3 is 5.97 Å². The van der Waals surface area contributed by atoms with Gasteiger partial charge in [-0.3, -0.25) is 9.69 Å². The fourth-order valence-electron chi connectivity index (χ4n) is 1.44. The van der Waals surface area contributed by atoms with Crippen molar-refractivity contribution >= 4 is 5.97 Å². The molecule has 0 aliphatic heterocycles. The van der Waals surface area contributed by atoms with E-state index in [4.69, 9.17) is 9.47 Å². The van der Waals surface area contributed by atoms with Crippen LogP contribution in [0.2, 0.25) is 0 Å². The summed E-state index contributed by atoms with van der Waals surface area (Å²) in [4.78, 5) is 13.3. The highest BCUT2D eigenvalue weighted by molar-refractivity contribution is 5.69. The quantitative estimate of drug-likeness (QED) is 0.414. The summed E-state index contributed by atoms with van der Waals surface area (Å²) >= 11 is 0. The van der Waals surface area contributed by atoms with Gasteiger partial charge in [-0.2, -0.15) is 0 Å². The molecule has 0 bridgehead atoms. The molecule has 0 aliphatic rings. The Kier molecular flexibility index (Phi) is 11.0. The third-order valence-corrected chi connectivity index (χ3v) is 2.47. The van der Waals surface area contributed by atoms with Gasteiger partial charge in [-0.15, -0.1) is 0 Å². The topological polar surface area (TPSA) is 48.0 Å². The molecule has 0 spiro atoms. The van der Waals surface area contributed by atoms with Crippen LogP contribution in [-0.4, -0.2) is 63.5 Å². The van der Waals surface area contributed by atoms with Crippen molar-refractivity contribution in [1.29, 1.82) is 0 Å². The maximum Gasteiger partial charge on any atom is 0.306 e. The second-order valence-corrected chi connectivity index (χ2v) is 4.28. The average molecular weight is 261 g/mol. The first kappa shape index (κ1) is 17.4. The molecule has 5 heteroatoms. The van der Waals surface area contributed by atoms with Crippen LogP contribution in [0.3, 0.4) is 0 Å². The van der Waals surface area contributed by atoms with Crippen molar-refractivity contribution in [2.45, 2.75) is 33.3 Å². The second kappa shape index (κ2) is 11.4. The molecule has 0 aromatic heterocycles. The van der Waals surface area contributed by atoms with E-state index in [1.807, 2.05) is 20.8 Å². The molecule has 0 radical (unpaired) electrons. The molecule has 0 N–H and O–H groups in total. The molecule has 0 aromatic rings. The van der Waals surface area contributed by atoms with E-state index in [9.17, 15) is 4.79 Å². The van der Waals surface area contributed by atoms with Crippen molar-refractivity contribution in [1.82, 2.24) is 4.90 Å². The number of rotatable bonds is 11. The van der Waals surface area contributed by atoms with E-state index >= 15 is 0 Å². The molecule has 0 saturated heterocycles. The third kappa shape index (κ3) is 10.5. The van der Waals surface area contributed by atoms with Crippen LogP contribution in [-0.2, 0) is 19.0 Å². The zero-order valence-corrected chi connectivity index (χ0v) is 12.1. The Morgan fingerprint density at radius 3 is 2.39 bits per heavy atom. The minimum Gasteiger partial charge on any atom is -0.469 e. The van der Waals surface area contributed by atoms with Gasteiger partial charge in [0.1, 0.15) is 0 Å². The highest BCUT2D eigenvalue weighted by Crippen LogP contribution is 1.96. The standard InChI is InChI=1S/C13H27NO4/c1-5-17-10-8-14(7-6-13(15)16-4)9-11-18-12(2)3/h12H,5-11H2,1-4H3. The molecule has 108 valence electrons. The van der Waals surface area contributed by atoms with Crippen LogP contribution in [0.4, 0.5) is 0 Å². The second-order valence-electron chi connectivity index (χ2n) is 4.28. The lowest BCUT2D eigenvalue weighted by Gasteiger charge is -2.22. The first-order valence-corrected chi connectivity index (χ1v) is 6.58. The predicted molar refractivity (Wildman–Crippen MR) is 70.7 cm³/mol. The Bertz CT molecular complexity index is 209. The number of esters is 1. The van der Waals surface area contributed by atoms with E-state index in [0.29, 0.717) is 32.8 Å². The molecule has 18 heavy (non-hydrogen) atoms. The average Bonchev–Trinajstić information content (AvgIpc) is 2.34. The molecule has 5 nitrogen and oxygen atoms in total. The SMILES string of the molecule is CCOCCN(CCOC(C)C)CCC(=O)OC. The number of nitrogens with zero attached hydrogens (tertiary/aromatic N) is 1. The normalized spacial score (nSPS) is 11.2. The molecule has 0 aliphatic carbocycles. The summed E-state index contributed by atoms with van der Waals surface area (Å²) in [6.07, 6.45) is 0.643. The highest BCUT2D eigenvalue weighted by Gasteiger charge is 2.08. The van der Waals surface area contributed by atoms with Gasteiger partial charge in [0, 0.05) is 26.2 Å². The largest absolute Gasteiger partial charge is 0.469 e. The zero-order valence-electron chi connectivity index (χ0n) is 12.1. The van der Waals surface area contributed by atoms with E-state index in [1.165, 1.54) is 7.11 Å². The Morgan fingerprint density at radius 1 is 1.17 bits per heavy atom. The fourth-order valence-corrected chi connectivity index (χ4v) is 1.44. The molecular formula is C13H27NO4. The minimum atomic E-state index is -0.179. The summed E-state index contributed by atoms with van der Waals surface area (Å²) < 4.78 is 15.5. The molecule has 0 atom stereocenters. The molecular weight excluding hydrogens is 234 g/mol. The number of ether oxygens (including phenoxy) is 3. The number of hydrogen-bond acceptors (Lipinski definition) is 5. The van der Waals surface area contributed by atoms with E-state index < -0.39 is 0 Å². The van der Waals surface area contributed by atoms with E-state index in [-0.39, 0.29) is 12.1 Å². The lowest BCUT2D eigenvalue weighted by molar-refractivity contribution is -0.141. The number of carbonyl (C=O) groups is 1. The lowest BCUT2D eigenvalue weighted by Crippen LogP contribution is -2.33. The van der Waals surface area contributed by atoms with Crippen LogP contribution in [0.1, 0.15) is 27.2 Å². The maximum absolute atomic E-state index is 11.1. The van der Waals surface area contributed by atoms with Crippen molar-refractivity contribution in [2.24, 2.45) is 0 Å². The summed E-state index contributed by atoms with van der Waals surface area (Å²) in [6.45, 7) is 10.4. The number of hydrogen-bond donors (Lipinski definition) is 0. The molecule has 0 amide bonds.